The van der Waals surface area contributed by atoms with Gasteiger partial charge in [0.05, 0.1) is 0 Å². The summed E-state index contributed by atoms with van der Waals surface area (Å²) in [5.74, 6) is -1.63. The molecule has 1 amide bonds. The summed E-state index contributed by atoms with van der Waals surface area (Å²) in [5, 5.41) is 12.0. The molecule has 1 heterocycles. The Bertz CT molecular complexity index is 521. The molecule has 0 aliphatic carbocycles. The van der Waals surface area contributed by atoms with E-state index in [0.29, 0.717) is 16.8 Å². The van der Waals surface area contributed by atoms with Crippen LogP contribution >= 0.6 is 0 Å². The van der Waals surface area contributed by atoms with Gasteiger partial charge in [0.15, 0.2) is 5.41 Å². The third-order valence-electron chi connectivity index (χ3n) is 2.95. The van der Waals surface area contributed by atoms with Crippen molar-refractivity contribution in [3.63, 3.8) is 0 Å². The number of fused-ring (bicyclic) bond motifs is 1. The van der Waals surface area contributed by atoms with E-state index in [4.69, 9.17) is 0 Å². The van der Waals surface area contributed by atoms with Crippen molar-refractivity contribution in [3.8, 4) is 0 Å². The maximum Gasteiger partial charge on any atom is 0.324 e. The third-order valence-corrected chi connectivity index (χ3v) is 2.95. The Balaban J connectivity index is 2.64. The first-order valence-corrected chi connectivity index (χ1v) is 5.27. The number of hydrogen-bond acceptors (Lipinski definition) is 2. The number of nitrogens with one attached hydrogen (secondary N) is 1. The van der Waals surface area contributed by atoms with E-state index >= 15 is 0 Å². The lowest BCUT2D eigenvalue weighted by molar-refractivity contribution is -0.147. The van der Waals surface area contributed by atoms with Crippen LogP contribution in [0.15, 0.2) is 36.4 Å². The summed E-state index contributed by atoms with van der Waals surface area (Å²) in [5.41, 5.74) is 0.225. The number of benzene rings is 1. The van der Waals surface area contributed by atoms with Gasteiger partial charge in [0, 0.05) is 11.3 Å². The lowest BCUT2D eigenvalue weighted by atomic mass is 9.77. The number of amides is 1. The van der Waals surface area contributed by atoms with Crippen LogP contribution in [-0.2, 0) is 15.0 Å². The van der Waals surface area contributed by atoms with Gasteiger partial charge in [0.25, 0.3) is 0 Å². The van der Waals surface area contributed by atoms with Crippen molar-refractivity contribution in [2.24, 2.45) is 0 Å². The Labute approximate surface area is 99.0 Å². The lowest BCUT2D eigenvalue weighted by Gasteiger charge is -2.22. The third kappa shape index (κ3) is 1.53. The predicted molar refractivity (Wildman–Crippen MR) is 63.8 cm³/mol. The summed E-state index contributed by atoms with van der Waals surface area (Å²) in [6.07, 6.45) is 0.116. The number of para-hydroxylation sites is 1. The Morgan fingerprint density at radius 3 is 2.71 bits per heavy atom. The second-order valence-corrected chi connectivity index (χ2v) is 4.34. The Hall–Kier alpha value is -2.10. The highest BCUT2D eigenvalue weighted by atomic mass is 16.4. The summed E-state index contributed by atoms with van der Waals surface area (Å²) in [6, 6.07) is 6.87. The lowest BCUT2D eigenvalue weighted by Crippen LogP contribution is -2.42. The van der Waals surface area contributed by atoms with E-state index < -0.39 is 17.3 Å². The number of carbonyl (C=O) groups is 2. The number of aliphatic carboxylic acids is 1. The fraction of sp³-hybridized carbons (Fsp3) is 0.231. The zero-order chi connectivity index (χ0) is 12.6. The first-order chi connectivity index (χ1) is 7.98. The van der Waals surface area contributed by atoms with E-state index in [1.165, 1.54) is 0 Å². The number of rotatable bonds is 3. The molecule has 1 aliphatic heterocycles. The van der Waals surface area contributed by atoms with E-state index in [-0.39, 0.29) is 6.42 Å². The van der Waals surface area contributed by atoms with Gasteiger partial charge in [-0.2, -0.15) is 0 Å². The van der Waals surface area contributed by atoms with Gasteiger partial charge in [-0.1, -0.05) is 23.8 Å². The minimum absolute atomic E-state index is 0.116. The van der Waals surface area contributed by atoms with E-state index in [9.17, 15) is 14.7 Å². The normalized spacial score (nSPS) is 21.8. The molecule has 1 unspecified atom stereocenters. The quantitative estimate of drug-likeness (QED) is 0.617. The monoisotopic (exact) mass is 231 g/mol. The molecule has 1 aromatic rings. The van der Waals surface area contributed by atoms with Gasteiger partial charge in [0.1, 0.15) is 0 Å². The Morgan fingerprint density at radius 2 is 2.12 bits per heavy atom. The maximum atomic E-state index is 12.0. The smallest absolute Gasteiger partial charge is 0.324 e. The molecule has 2 rings (SSSR count). The van der Waals surface area contributed by atoms with Crippen LogP contribution in [0.1, 0.15) is 18.9 Å². The van der Waals surface area contributed by atoms with Gasteiger partial charge >= 0.3 is 5.97 Å². The van der Waals surface area contributed by atoms with Crippen LogP contribution in [0.25, 0.3) is 0 Å². The van der Waals surface area contributed by atoms with Crippen molar-refractivity contribution < 1.29 is 14.7 Å². The Kier molecular flexibility index (Phi) is 2.50. The van der Waals surface area contributed by atoms with Crippen LogP contribution in [0.5, 0.6) is 0 Å². The van der Waals surface area contributed by atoms with Crippen molar-refractivity contribution in [2.45, 2.75) is 18.8 Å². The molecule has 0 saturated heterocycles. The molecule has 0 radical (unpaired) electrons. The minimum atomic E-state index is -1.53. The Morgan fingerprint density at radius 1 is 1.47 bits per heavy atom. The predicted octanol–water partition coefficient (Wildman–Crippen LogP) is 1.93. The number of carbonyl (C=O) groups excluding carboxylic acids is 1. The molecule has 2 N–H and O–H groups in total. The number of allylic oxidation sites excluding steroid dienone is 1. The topological polar surface area (TPSA) is 66.4 Å². The molecule has 4 heteroatoms. The van der Waals surface area contributed by atoms with Crippen molar-refractivity contribution >= 4 is 17.6 Å². The van der Waals surface area contributed by atoms with Crippen molar-refractivity contribution in [3.05, 3.63) is 42.0 Å². The van der Waals surface area contributed by atoms with Crippen molar-refractivity contribution in [2.75, 3.05) is 5.32 Å². The molecular formula is C13H13NO3. The first kappa shape index (κ1) is 11.4. The SMILES string of the molecule is C=C(C)CC1(C(=O)O)C(=O)Nc2ccccc21. The van der Waals surface area contributed by atoms with Gasteiger partial charge < -0.3 is 10.4 Å². The van der Waals surface area contributed by atoms with Gasteiger partial charge in [-0.25, -0.2) is 0 Å². The number of hydrogen-bond donors (Lipinski definition) is 2. The highest BCUT2D eigenvalue weighted by Crippen LogP contribution is 2.41. The van der Waals surface area contributed by atoms with E-state index in [1.807, 2.05) is 0 Å². The maximum absolute atomic E-state index is 12.0. The molecule has 0 aromatic heterocycles. The summed E-state index contributed by atoms with van der Waals surface area (Å²) in [6.45, 7) is 5.43. The molecule has 1 atom stereocenters. The second-order valence-electron chi connectivity index (χ2n) is 4.34. The highest BCUT2D eigenvalue weighted by molar-refractivity contribution is 6.19. The molecule has 17 heavy (non-hydrogen) atoms. The van der Waals surface area contributed by atoms with Gasteiger partial charge in [0.2, 0.25) is 5.91 Å². The molecule has 0 bridgehead atoms. The fourth-order valence-corrected chi connectivity index (χ4v) is 2.23. The molecule has 0 fully saturated rings. The highest BCUT2D eigenvalue weighted by Gasteiger charge is 2.53. The minimum Gasteiger partial charge on any atom is -0.480 e. The van der Waals surface area contributed by atoms with Crippen molar-refractivity contribution in [1.82, 2.24) is 0 Å². The van der Waals surface area contributed by atoms with Crippen LogP contribution in [0.4, 0.5) is 5.69 Å². The number of carboxylic acids is 1. The number of carboxylic acid groups (broad SMARTS) is 1. The van der Waals surface area contributed by atoms with E-state index in [1.54, 1.807) is 31.2 Å². The first-order valence-electron chi connectivity index (χ1n) is 5.27. The van der Waals surface area contributed by atoms with Gasteiger partial charge in [-0.05, 0) is 19.4 Å². The summed E-state index contributed by atoms with van der Waals surface area (Å²) in [7, 11) is 0. The largest absolute Gasteiger partial charge is 0.480 e. The molecule has 1 aliphatic rings. The van der Waals surface area contributed by atoms with Crippen LogP contribution in [0.2, 0.25) is 0 Å². The van der Waals surface area contributed by atoms with Crippen LogP contribution in [-0.4, -0.2) is 17.0 Å². The fourth-order valence-electron chi connectivity index (χ4n) is 2.23. The zero-order valence-corrected chi connectivity index (χ0v) is 9.49. The zero-order valence-electron chi connectivity index (χ0n) is 9.49. The van der Waals surface area contributed by atoms with Gasteiger partial charge in [-0.3, -0.25) is 9.59 Å². The average molecular weight is 231 g/mol. The van der Waals surface area contributed by atoms with Gasteiger partial charge in [-0.15, -0.1) is 6.58 Å². The molecule has 88 valence electrons. The summed E-state index contributed by atoms with van der Waals surface area (Å²) >= 11 is 0. The van der Waals surface area contributed by atoms with Crippen LogP contribution in [0, 0.1) is 0 Å². The van der Waals surface area contributed by atoms with Crippen molar-refractivity contribution in [1.29, 1.82) is 0 Å². The molecule has 1 aromatic carbocycles. The van der Waals surface area contributed by atoms with E-state index in [2.05, 4.69) is 11.9 Å². The van der Waals surface area contributed by atoms with Crippen LogP contribution < -0.4 is 5.32 Å². The standard InChI is InChI=1S/C13H13NO3/c1-8(2)7-13(12(16)17)9-5-3-4-6-10(9)14-11(13)15/h3-6H,1,7H2,2H3,(H,14,15)(H,16,17). The molecule has 4 nitrogen and oxygen atoms in total. The molecule has 0 spiro atoms. The van der Waals surface area contributed by atoms with E-state index in [0.717, 1.165) is 0 Å². The second kappa shape index (κ2) is 3.73. The van der Waals surface area contributed by atoms with Crippen LogP contribution in [0.3, 0.4) is 0 Å². The average Bonchev–Trinajstić information content (AvgIpc) is 2.52. The molecular weight excluding hydrogens is 218 g/mol. The summed E-state index contributed by atoms with van der Waals surface area (Å²) < 4.78 is 0. The molecule has 0 saturated carbocycles. The number of anilines is 1. The summed E-state index contributed by atoms with van der Waals surface area (Å²) in [4.78, 5) is 23.5.